The van der Waals surface area contributed by atoms with E-state index in [0.29, 0.717) is 0 Å². The molecule has 0 heterocycles. The van der Waals surface area contributed by atoms with Crippen LogP contribution in [-0.4, -0.2) is 12.3 Å². The summed E-state index contributed by atoms with van der Waals surface area (Å²) in [6, 6.07) is 0. The zero-order chi connectivity index (χ0) is 13.5. The maximum Gasteiger partial charge on any atom is 0.242 e. The van der Waals surface area contributed by atoms with Crippen LogP contribution in [0.4, 0.5) is 17.6 Å². The molecule has 0 nitrogen and oxygen atoms in total. The third-order valence-electron chi connectivity index (χ3n) is 0. The van der Waals surface area contributed by atoms with Crippen molar-refractivity contribution in [1.29, 1.82) is 0 Å². The first-order chi connectivity index (χ1) is 6.56. The van der Waals surface area contributed by atoms with Crippen molar-refractivity contribution in [3.8, 4) is 0 Å². The molecule has 0 aliphatic heterocycles. The third kappa shape index (κ3) is 24000. The Morgan fingerprint density at radius 2 is 0.867 bits per heavy atom. The van der Waals surface area contributed by atoms with Gasteiger partial charge in [-0.3, -0.25) is 0 Å². The van der Waals surface area contributed by atoms with Gasteiger partial charge in [0.05, 0.1) is 0 Å². The van der Waals surface area contributed by atoms with E-state index in [-0.39, 0.29) is 0 Å². The van der Waals surface area contributed by atoms with Crippen LogP contribution in [0.15, 0.2) is 0 Å². The fourth-order valence-corrected chi connectivity index (χ4v) is 0. The molecule has 0 rings (SSSR count). The molecule has 0 saturated carbocycles. The minimum Gasteiger partial charge on any atom is -0.211 e. The predicted molar refractivity (Wildman–Crippen MR) is 59.9 cm³/mol. The molecule has 0 amide bonds. The van der Waals surface area contributed by atoms with Crippen molar-refractivity contribution in [3.05, 3.63) is 0 Å². The highest BCUT2D eigenvalue weighted by molar-refractivity contribution is 4.40. The van der Waals surface area contributed by atoms with Gasteiger partial charge in [-0.2, -0.15) is 0 Å². The van der Waals surface area contributed by atoms with Gasteiger partial charge in [-0.15, -0.1) is 0 Å². The van der Waals surface area contributed by atoms with Crippen molar-refractivity contribution in [2.24, 2.45) is 0 Å². The van der Waals surface area contributed by atoms with Crippen LogP contribution in [0.5, 0.6) is 0 Å². The van der Waals surface area contributed by atoms with E-state index in [2.05, 4.69) is 27.7 Å². The van der Waals surface area contributed by atoms with Crippen molar-refractivity contribution in [2.75, 3.05) is 0 Å². The van der Waals surface area contributed by atoms with Crippen LogP contribution < -0.4 is 0 Å². The van der Waals surface area contributed by atoms with Crippen LogP contribution in [0, 0.1) is 0 Å². The molecule has 98 valence electrons. The Labute approximate surface area is 92.1 Å². The summed E-state index contributed by atoms with van der Waals surface area (Å²) in [6.07, 6.45) is 0.333. The van der Waals surface area contributed by atoms with E-state index in [1.165, 1.54) is 12.8 Å². The second kappa shape index (κ2) is 19.3. The highest BCUT2D eigenvalue weighted by Gasteiger charge is 2.08. The lowest BCUT2D eigenvalue weighted by molar-refractivity contribution is 0.0437. The molecule has 0 saturated heterocycles. The predicted octanol–water partition coefficient (Wildman–Crippen LogP) is 5.77. The van der Waals surface area contributed by atoms with Crippen molar-refractivity contribution in [2.45, 2.75) is 73.7 Å². The largest absolute Gasteiger partial charge is 0.242 e. The molecule has 0 N–H and O–H groups in total. The molecule has 4 heteroatoms. The maximum absolute atomic E-state index is 11.0. The number of halogens is 4. The quantitative estimate of drug-likeness (QED) is 0.467. The fourth-order valence-electron chi connectivity index (χ4n) is 0. The second-order valence-electron chi connectivity index (χ2n) is 3.26. The SMILES string of the molecule is CC(C)(F)F.CC(F)F.CCC.CCC. The fraction of sp³-hybridized carbons (Fsp3) is 1.00. The Balaban J connectivity index is -0.0000000553. The molecule has 15 heavy (non-hydrogen) atoms. The minimum absolute atomic E-state index is 0.833. The van der Waals surface area contributed by atoms with E-state index in [9.17, 15) is 17.6 Å². The van der Waals surface area contributed by atoms with E-state index in [0.717, 1.165) is 20.8 Å². The van der Waals surface area contributed by atoms with E-state index < -0.39 is 12.3 Å². The first kappa shape index (κ1) is 24.1. The zero-order valence-corrected chi connectivity index (χ0v) is 11.0. The molecule has 0 aliphatic carbocycles. The van der Waals surface area contributed by atoms with Gasteiger partial charge in [0.2, 0.25) is 12.3 Å². The molecule has 0 aromatic rings. The lowest BCUT2D eigenvalue weighted by Crippen LogP contribution is -1.98. The molecule has 0 aromatic heterocycles. The van der Waals surface area contributed by atoms with Gasteiger partial charge in [0.1, 0.15) is 0 Å². The van der Waals surface area contributed by atoms with Crippen molar-refractivity contribution in [3.63, 3.8) is 0 Å². The normalized spacial score (nSPS) is 8.80. The summed E-state index contributed by atoms with van der Waals surface area (Å²) in [4.78, 5) is 0. The summed E-state index contributed by atoms with van der Waals surface area (Å²) < 4.78 is 42.7. The molecule has 0 aliphatic rings. The molecule has 0 atom stereocenters. The van der Waals surface area contributed by atoms with Gasteiger partial charge in [0.25, 0.3) is 0 Å². The highest BCUT2D eigenvalue weighted by Crippen LogP contribution is 2.06. The molecular formula is C11H26F4. The van der Waals surface area contributed by atoms with Crippen LogP contribution in [0.2, 0.25) is 0 Å². The Morgan fingerprint density at radius 3 is 0.867 bits per heavy atom. The summed E-state index contributed by atoms with van der Waals surface area (Å²) in [6.45, 7) is 11.0. The average molecular weight is 234 g/mol. The topological polar surface area (TPSA) is 0 Å². The summed E-state index contributed by atoms with van der Waals surface area (Å²) in [7, 11) is 0. The van der Waals surface area contributed by atoms with Crippen LogP contribution >= 0.6 is 0 Å². The molecular weight excluding hydrogens is 208 g/mol. The van der Waals surface area contributed by atoms with Crippen molar-refractivity contribution >= 4 is 0 Å². The van der Waals surface area contributed by atoms with Crippen LogP contribution in [0.1, 0.15) is 61.3 Å². The zero-order valence-electron chi connectivity index (χ0n) is 11.0. The maximum atomic E-state index is 11.0. The van der Waals surface area contributed by atoms with E-state index in [1.807, 2.05) is 0 Å². The molecule has 0 bridgehead atoms. The van der Waals surface area contributed by atoms with E-state index >= 15 is 0 Å². The molecule has 0 unspecified atom stereocenters. The van der Waals surface area contributed by atoms with Gasteiger partial charge in [-0.1, -0.05) is 40.5 Å². The number of alkyl halides is 4. The van der Waals surface area contributed by atoms with Crippen LogP contribution in [0.3, 0.4) is 0 Å². The van der Waals surface area contributed by atoms with Gasteiger partial charge in [0.15, 0.2) is 0 Å². The standard InChI is InChI=1S/C3H6F2.2C3H8.C2H4F2/c1-3(2,4)5;2*1-3-2;1-2(3)4/h1-2H3;2*3H2,1-2H3;2H,1H3. The van der Waals surface area contributed by atoms with E-state index in [4.69, 9.17) is 0 Å². The van der Waals surface area contributed by atoms with Gasteiger partial charge in [-0.05, 0) is 20.8 Å². The Kier molecular flexibility index (Phi) is 31.1. The number of rotatable bonds is 0. The van der Waals surface area contributed by atoms with Gasteiger partial charge in [0, 0.05) is 0 Å². The Bertz CT molecular complexity index is 66.4. The monoisotopic (exact) mass is 234 g/mol. The number of hydrogen-bond acceptors (Lipinski definition) is 0. The Hall–Kier alpha value is -0.280. The van der Waals surface area contributed by atoms with Crippen molar-refractivity contribution < 1.29 is 17.6 Å². The van der Waals surface area contributed by atoms with Crippen molar-refractivity contribution in [1.82, 2.24) is 0 Å². The lowest BCUT2D eigenvalue weighted by Gasteiger charge is -1.94. The Morgan fingerprint density at radius 1 is 0.867 bits per heavy atom. The molecule has 0 spiro atoms. The second-order valence-corrected chi connectivity index (χ2v) is 3.26. The first-order valence-electron chi connectivity index (χ1n) is 5.22. The highest BCUT2D eigenvalue weighted by atomic mass is 19.3. The third-order valence-corrected chi connectivity index (χ3v) is 0. The van der Waals surface area contributed by atoms with Crippen LogP contribution in [-0.2, 0) is 0 Å². The number of hydrogen-bond donors (Lipinski definition) is 0. The minimum atomic E-state index is -2.50. The van der Waals surface area contributed by atoms with E-state index in [1.54, 1.807) is 0 Å². The molecule has 0 radical (unpaired) electrons. The first-order valence-corrected chi connectivity index (χ1v) is 5.22. The van der Waals surface area contributed by atoms with Gasteiger partial charge in [-0.25, -0.2) is 17.6 Å². The average Bonchev–Trinajstić information content (AvgIpc) is 1.82. The lowest BCUT2D eigenvalue weighted by atomic mass is 10.5. The van der Waals surface area contributed by atoms with Gasteiger partial charge >= 0.3 is 0 Å². The summed E-state index contributed by atoms with van der Waals surface area (Å²) in [5.41, 5.74) is 0. The summed E-state index contributed by atoms with van der Waals surface area (Å²) in [5, 5.41) is 0. The summed E-state index contributed by atoms with van der Waals surface area (Å²) >= 11 is 0. The molecule has 0 fully saturated rings. The van der Waals surface area contributed by atoms with Gasteiger partial charge < -0.3 is 0 Å². The smallest absolute Gasteiger partial charge is 0.211 e. The molecule has 0 aromatic carbocycles. The van der Waals surface area contributed by atoms with Crippen LogP contribution in [0.25, 0.3) is 0 Å². The summed E-state index contributed by atoms with van der Waals surface area (Å²) in [5.74, 6) is -2.50.